The van der Waals surface area contributed by atoms with Gasteiger partial charge in [0.1, 0.15) is 9.71 Å². The van der Waals surface area contributed by atoms with Gasteiger partial charge in [0.05, 0.1) is 16.8 Å². The molecule has 90 valence electrons. The maximum atomic E-state index is 11.2. The van der Waals surface area contributed by atoms with Crippen LogP contribution in [-0.2, 0) is 6.42 Å². The van der Waals surface area contributed by atoms with Crippen molar-refractivity contribution in [2.24, 2.45) is 5.73 Å². The molecule has 0 aliphatic heterocycles. The average molecular weight is 268 g/mol. The van der Waals surface area contributed by atoms with Gasteiger partial charge in [-0.05, 0) is 12.7 Å². The highest BCUT2D eigenvalue weighted by atomic mass is 32.2. The number of amides is 1. The van der Waals surface area contributed by atoms with Gasteiger partial charge in [-0.3, -0.25) is 4.79 Å². The van der Waals surface area contributed by atoms with Gasteiger partial charge in [-0.1, -0.05) is 18.7 Å². The molecule has 0 radical (unpaired) electrons. The zero-order chi connectivity index (χ0) is 12.6. The Morgan fingerprint density at radius 3 is 2.71 bits per heavy atom. The van der Waals surface area contributed by atoms with Crippen LogP contribution in [0.25, 0.3) is 10.2 Å². The Labute approximate surface area is 107 Å². The van der Waals surface area contributed by atoms with Crippen LogP contribution in [0.5, 0.6) is 0 Å². The van der Waals surface area contributed by atoms with E-state index in [0.717, 1.165) is 22.3 Å². The molecule has 0 aromatic carbocycles. The van der Waals surface area contributed by atoms with Crippen LogP contribution in [0.2, 0.25) is 0 Å². The lowest BCUT2D eigenvalue weighted by Crippen LogP contribution is -2.10. The first-order valence-electron chi connectivity index (χ1n) is 5.01. The van der Waals surface area contributed by atoms with E-state index in [9.17, 15) is 4.79 Å². The third kappa shape index (κ3) is 1.96. The first-order valence-corrected chi connectivity index (χ1v) is 7.05. The molecule has 7 heteroatoms. The highest BCUT2D eigenvalue weighted by Crippen LogP contribution is 2.35. The molecule has 0 aliphatic rings. The first-order chi connectivity index (χ1) is 8.08. The molecular formula is C10H12N4OS2. The van der Waals surface area contributed by atoms with E-state index in [0.29, 0.717) is 15.7 Å². The Bertz CT molecular complexity index is 593. The zero-order valence-electron chi connectivity index (χ0n) is 9.48. The van der Waals surface area contributed by atoms with E-state index in [1.165, 1.54) is 23.1 Å². The van der Waals surface area contributed by atoms with Crippen molar-refractivity contribution in [1.29, 1.82) is 0 Å². The fourth-order valence-electron chi connectivity index (χ4n) is 1.60. The van der Waals surface area contributed by atoms with Gasteiger partial charge in [0.15, 0.2) is 5.16 Å². The van der Waals surface area contributed by atoms with Crippen molar-refractivity contribution in [3.05, 3.63) is 10.6 Å². The number of thioether (sulfide) groups is 1. The summed E-state index contributed by atoms with van der Waals surface area (Å²) in [5.74, 6) is -0.516. The molecule has 2 aromatic rings. The predicted molar refractivity (Wildman–Crippen MR) is 71.5 cm³/mol. The quantitative estimate of drug-likeness (QED) is 0.652. The standard InChI is InChI=1S/C10H12N4OS2/c1-3-4-5-6(11)7(8(12)15)17-9(5)14-10(13-4)16-2/h3,11H2,1-2H3,(H2,12,15). The number of nitrogen functional groups attached to an aromatic ring is 1. The molecule has 5 nitrogen and oxygen atoms in total. The van der Waals surface area contributed by atoms with Crippen molar-refractivity contribution in [2.45, 2.75) is 18.5 Å². The number of primary amides is 1. The van der Waals surface area contributed by atoms with E-state index in [-0.39, 0.29) is 0 Å². The molecular weight excluding hydrogens is 256 g/mol. The van der Waals surface area contributed by atoms with Gasteiger partial charge in [0.2, 0.25) is 0 Å². The van der Waals surface area contributed by atoms with E-state index < -0.39 is 5.91 Å². The number of hydrogen-bond acceptors (Lipinski definition) is 6. The van der Waals surface area contributed by atoms with Gasteiger partial charge in [-0.25, -0.2) is 9.97 Å². The minimum atomic E-state index is -0.516. The van der Waals surface area contributed by atoms with Crippen LogP contribution in [-0.4, -0.2) is 22.1 Å². The highest BCUT2D eigenvalue weighted by molar-refractivity contribution is 7.98. The Hall–Kier alpha value is -1.34. The monoisotopic (exact) mass is 268 g/mol. The topological polar surface area (TPSA) is 94.9 Å². The number of aryl methyl sites for hydroxylation is 1. The number of thiophene rings is 1. The van der Waals surface area contributed by atoms with Gasteiger partial charge in [0.25, 0.3) is 5.91 Å². The molecule has 0 spiro atoms. The van der Waals surface area contributed by atoms with Gasteiger partial charge in [0, 0.05) is 0 Å². The third-order valence-corrected chi connectivity index (χ3v) is 4.05. The zero-order valence-corrected chi connectivity index (χ0v) is 11.1. The predicted octanol–water partition coefficient (Wildman–Crippen LogP) is 1.66. The van der Waals surface area contributed by atoms with E-state index >= 15 is 0 Å². The third-order valence-electron chi connectivity index (χ3n) is 2.38. The molecule has 0 saturated carbocycles. The summed E-state index contributed by atoms with van der Waals surface area (Å²) in [5.41, 5.74) is 12.5. The molecule has 0 fully saturated rings. The first kappa shape index (κ1) is 12.1. The summed E-state index contributed by atoms with van der Waals surface area (Å²) < 4.78 is 0. The molecule has 4 N–H and O–H groups in total. The van der Waals surface area contributed by atoms with Gasteiger partial charge < -0.3 is 11.5 Å². The van der Waals surface area contributed by atoms with Crippen molar-refractivity contribution in [3.8, 4) is 0 Å². The van der Waals surface area contributed by atoms with Crippen molar-refractivity contribution in [1.82, 2.24) is 9.97 Å². The molecule has 0 atom stereocenters. The smallest absolute Gasteiger partial charge is 0.260 e. The second-order valence-corrected chi connectivity index (χ2v) is 5.17. The molecule has 17 heavy (non-hydrogen) atoms. The van der Waals surface area contributed by atoms with Crippen molar-refractivity contribution < 1.29 is 4.79 Å². The molecule has 0 unspecified atom stereocenters. The fraction of sp³-hybridized carbons (Fsp3) is 0.300. The van der Waals surface area contributed by atoms with Crippen LogP contribution in [0.3, 0.4) is 0 Å². The summed E-state index contributed by atoms with van der Waals surface area (Å²) in [6.07, 6.45) is 2.65. The van der Waals surface area contributed by atoms with E-state index in [1.807, 2.05) is 13.2 Å². The number of carbonyl (C=O) groups is 1. The Morgan fingerprint density at radius 1 is 1.47 bits per heavy atom. The van der Waals surface area contributed by atoms with Crippen LogP contribution < -0.4 is 11.5 Å². The van der Waals surface area contributed by atoms with E-state index in [2.05, 4.69) is 9.97 Å². The van der Waals surface area contributed by atoms with Crippen molar-refractivity contribution in [3.63, 3.8) is 0 Å². The maximum absolute atomic E-state index is 11.2. The van der Waals surface area contributed by atoms with E-state index in [4.69, 9.17) is 11.5 Å². The maximum Gasteiger partial charge on any atom is 0.260 e. The second kappa shape index (κ2) is 4.50. The summed E-state index contributed by atoms with van der Waals surface area (Å²) in [6.45, 7) is 1.99. The normalized spacial score (nSPS) is 10.9. The van der Waals surface area contributed by atoms with Crippen LogP contribution in [0.1, 0.15) is 22.3 Å². The lowest BCUT2D eigenvalue weighted by molar-refractivity contribution is 0.100. The number of nitrogens with zero attached hydrogens (tertiary/aromatic N) is 2. The Kier molecular flexibility index (Phi) is 3.21. The number of nitrogens with two attached hydrogens (primary N) is 2. The molecule has 2 aromatic heterocycles. The number of carbonyl (C=O) groups excluding carboxylic acids is 1. The number of anilines is 1. The summed E-state index contributed by atoms with van der Waals surface area (Å²) in [5, 5.41) is 1.45. The van der Waals surface area contributed by atoms with Crippen molar-refractivity contribution in [2.75, 3.05) is 12.0 Å². The minimum Gasteiger partial charge on any atom is -0.397 e. The van der Waals surface area contributed by atoms with E-state index in [1.54, 1.807) is 0 Å². The Balaban J connectivity index is 2.81. The molecule has 1 amide bonds. The van der Waals surface area contributed by atoms with Gasteiger partial charge in [-0.2, -0.15) is 0 Å². The summed E-state index contributed by atoms with van der Waals surface area (Å²) in [6, 6.07) is 0. The molecule has 2 heterocycles. The highest BCUT2D eigenvalue weighted by Gasteiger charge is 2.18. The molecule has 0 aliphatic carbocycles. The SMILES string of the molecule is CCc1nc(SC)nc2sc(C(N)=O)c(N)c12. The molecule has 0 bridgehead atoms. The van der Waals surface area contributed by atoms with Crippen LogP contribution in [0, 0.1) is 0 Å². The lowest BCUT2D eigenvalue weighted by Gasteiger charge is -2.02. The average Bonchev–Trinajstić information content (AvgIpc) is 2.65. The second-order valence-electron chi connectivity index (χ2n) is 3.40. The minimum absolute atomic E-state index is 0.363. The van der Waals surface area contributed by atoms with Gasteiger partial charge in [-0.15, -0.1) is 11.3 Å². The number of aromatic nitrogens is 2. The van der Waals surface area contributed by atoms with Crippen LogP contribution in [0.4, 0.5) is 5.69 Å². The largest absolute Gasteiger partial charge is 0.397 e. The van der Waals surface area contributed by atoms with Crippen LogP contribution >= 0.6 is 23.1 Å². The summed E-state index contributed by atoms with van der Waals surface area (Å²) in [7, 11) is 0. The number of rotatable bonds is 3. The number of hydrogen-bond donors (Lipinski definition) is 2. The van der Waals surface area contributed by atoms with Gasteiger partial charge >= 0.3 is 0 Å². The van der Waals surface area contributed by atoms with Crippen LogP contribution in [0.15, 0.2) is 5.16 Å². The summed E-state index contributed by atoms with van der Waals surface area (Å²) in [4.78, 5) is 21.1. The lowest BCUT2D eigenvalue weighted by atomic mass is 10.2. The Morgan fingerprint density at radius 2 is 2.18 bits per heavy atom. The molecule has 0 saturated heterocycles. The number of fused-ring (bicyclic) bond motifs is 1. The molecule has 2 rings (SSSR count). The van der Waals surface area contributed by atoms with Crippen molar-refractivity contribution >= 4 is 44.9 Å². The summed E-state index contributed by atoms with van der Waals surface area (Å²) >= 11 is 2.69. The fourth-order valence-corrected chi connectivity index (χ4v) is 3.01.